The van der Waals surface area contributed by atoms with E-state index in [2.05, 4.69) is 33.8 Å². The Bertz CT molecular complexity index is 548. The first-order valence-electron chi connectivity index (χ1n) is 6.31. The van der Waals surface area contributed by atoms with Crippen molar-refractivity contribution in [3.63, 3.8) is 0 Å². The van der Waals surface area contributed by atoms with Crippen LogP contribution in [0.2, 0.25) is 5.02 Å². The van der Waals surface area contributed by atoms with E-state index >= 15 is 0 Å². The molecule has 0 radical (unpaired) electrons. The highest BCUT2D eigenvalue weighted by Crippen LogP contribution is 2.21. The molecule has 1 aromatic rings. The zero-order valence-electron chi connectivity index (χ0n) is 12.1. The van der Waals surface area contributed by atoms with Gasteiger partial charge in [-0.25, -0.2) is 18.1 Å². The molecule has 0 fully saturated rings. The SMILES string of the molecule is CNc1ncc(S(=O)(=O)NCCN(C)C(C)C)cc1Cl. The van der Waals surface area contributed by atoms with Gasteiger partial charge >= 0.3 is 0 Å². The smallest absolute Gasteiger partial charge is 0.242 e. The van der Waals surface area contributed by atoms with Crippen LogP contribution >= 0.6 is 11.6 Å². The Morgan fingerprint density at radius 1 is 1.45 bits per heavy atom. The summed E-state index contributed by atoms with van der Waals surface area (Å²) in [6, 6.07) is 1.75. The minimum absolute atomic E-state index is 0.0636. The van der Waals surface area contributed by atoms with E-state index in [4.69, 9.17) is 11.6 Å². The molecule has 1 aromatic heterocycles. The number of anilines is 1. The van der Waals surface area contributed by atoms with Gasteiger partial charge in [-0.05, 0) is 27.0 Å². The largest absolute Gasteiger partial charge is 0.372 e. The molecule has 0 atom stereocenters. The zero-order chi connectivity index (χ0) is 15.3. The van der Waals surface area contributed by atoms with Gasteiger partial charge in [0.05, 0.1) is 5.02 Å². The average molecular weight is 321 g/mol. The van der Waals surface area contributed by atoms with Crippen LogP contribution in [0, 0.1) is 0 Å². The Labute approximate surface area is 125 Å². The Kier molecular flexibility index (Phi) is 6.19. The van der Waals surface area contributed by atoms with E-state index in [-0.39, 0.29) is 9.92 Å². The van der Waals surface area contributed by atoms with Gasteiger partial charge < -0.3 is 10.2 Å². The maximum absolute atomic E-state index is 12.1. The highest BCUT2D eigenvalue weighted by Gasteiger charge is 2.16. The Morgan fingerprint density at radius 3 is 2.60 bits per heavy atom. The maximum atomic E-state index is 12.1. The van der Waals surface area contributed by atoms with Crippen molar-refractivity contribution >= 4 is 27.4 Å². The summed E-state index contributed by atoms with van der Waals surface area (Å²) >= 11 is 5.94. The highest BCUT2D eigenvalue weighted by atomic mass is 35.5. The van der Waals surface area contributed by atoms with Crippen LogP contribution in [0.5, 0.6) is 0 Å². The van der Waals surface area contributed by atoms with Crippen molar-refractivity contribution in [3.05, 3.63) is 17.3 Å². The van der Waals surface area contributed by atoms with Gasteiger partial charge in [-0.2, -0.15) is 0 Å². The monoisotopic (exact) mass is 320 g/mol. The Balaban J connectivity index is 2.72. The number of hydrogen-bond acceptors (Lipinski definition) is 5. The first kappa shape index (κ1) is 17.2. The third kappa shape index (κ3) is 4.59. The van der Waals surface area contributed by atoms with Gasteiger partial charge in [-0.15, -0.1) is 0 Å². The van der Waals surface area contributed by atoms with Crippen LogP contribution in [-0.4, -0.2) is 51.5 Å². The molecule has 0 bridgehead atoms. The van der Waals surface area contributed by atoms with E-state index in [1.165, 1.54) is 12.3 Å². The fourth-order valence-corrected chi connectivity index (χ4v) is 2.77. The lowest BCUT2D eigenvalue weighted by Gasteiger charge is -2.20. The molecule has 114 valence electrons. The fourth-order valence-electron chi connectivity index (χ4n) is 1.45. The second-order valence-electron chi connectivity index (χ2n) is 4.72. The molecular formula is C12H21ClN4O2S. The normalized spacial score (nSPS) is 12.2. The summed E-state index contributed by atoms with van der Waals surface area (Å²) in [6.45, 7) is 5.07. The van der Waals surface area contributed by atoms with E-state index in [1.807, 2.05) is 7.05 Å². The number of sulfonamides is 1. The molecule has 8 heteroatoms. The molecule has 0 unspecified atom stereocenters. The maximum Gasteiger partial charge on any atom is 0.242 e. The number of halogens is 1. The molecule has 6 nitrogen and oxygen atoms in total. The first-order chi connectivity index (χ1) is 9.27. The van der Waals surface area contributed by atoms with Gasteiger partial charge in [0.1, 0.15) is 10.7 Å². The summed E-state index contributed by atoms with van der Waals surface area (Å²) in [5.74, 6) is 0.449. The molecule has 20 heavy (non-hydrogen) atoms. The number of nitrogens with zero attached hydrogens (tertiary/aromatic N) is 2. The standard InChI is InChI=1S/C12H21ClN4O2S/c1-9(2)17(4)6-5-16-20(18,19)10-7-11(13)12(14-3)15-8-10/h7-9,16H,5-6H2,1-4H3,(H,14,15). The van der Waals surface area contributed by atoms with Crippen LogP contribution in [-0.2, 0) is 10.0 Å². The van der Waals surface area contributed by atoms with Crippen LogP contribution in [0.1, 0.15) is 13.8 Å². The summed E-state index contributed by atoms with van der Waals surface area (Å²) in [6.07, 6.45) is 1.28. The van der Waals surface area contributed by atoms with Gasteiger partial charge in [-0.1, -0.05) is 11.6 Å². The molecule has 0 amide bonds. The lowest BCUT2D eigenvalue weighted by atomic mass is 10.3. The van der Waals surface area contributed by atoms with E-state index in [1.54, 1.807) is 7.05 Å². The predicted molar refractivity (Wildman–Crippen MR) is 81.7 cm³/mol. The average Bonchev–Trinajstić information content (AvgIpc) is 2.38. The molecular weight excluding hydrogens is 300 g/mol. The topological polar surface area (TPSA) is 74.3 Å². The molecule has 0 aromatic carbocycles. The number of pyridine rings is 1. The lowest BCUT2D eigenvalue weighted by molar-refractivity contribution is 0.278. The Morgan fingerprint density at radius 2 is 2.10 bits per heavy atom. The van der Waals surface area contributed by atoms with Crippen molar-refractivity contribution < 1.29 is 8.42 Å². The molecule has 0 aliphatic carbocycles. The van der Waals surface area contributed by atoms with E-state index in [9.17, 15) is 8.42 Å². The molecule has 1 heterocycles. The van der Waals surface area contributed by atoms with Crippen LogP contribution < -0.4 is 10.0 Å². The van der Waals surface area contributed by atoms with Gasteiger partial charge in [0.2, 0.25) is 10.0 Å². The second-order valence-corrected chi connectivity index (χ2v) is 6.90. The predicted octanol–water partition coefficient (Wildman–Crippen LogP) is 1.40. The quantitative estimate of drug-likeness (QED) is 0.794. The summed E-state index contributed by atoms with van der Waals surface area (Å²) in [4.78, 5) is 6.08. The number of nitrogens with one attached hydrogen (secondary N) is 2. The van der Waals surface area contributed by atoms with Crippen molar-refractivity contribution in [1.82, 2.24) is 14.6 Å². The third-order valence-electron chi connectivity index (χ3n) is 3.00. The van der Waals surface area contributed by atoms with Crippen molar-refractivity contribution in [2.75, 3.05) is 32.5 Å². The summed E-state index contributed by atoms with van der Waals surface area (Å²) in [7, 11) is 0.0321. The van der Waals surface area contributed by atoms with Crippen molar-refractivity contribution in [3.8, 4) is 0 Å². The summed E-state index contributed by atoms with van der Waals surface area (Å²) < 4.78 is 26.7. The van der Waals surface area contributed by atoms with Crippen LogP contribution in [0.3, 0.4) is 0 Å². The summed E-state index contributed by atoms with van der Waals surface area (Å²) in [5.41, 5.74) is 0. The van der Waals surface area contributed by atoms with Crippen molar-refractivity contribution in [2.45, 2.75) is 24.8 Å². The van der Waals surface area contributed by atoms with Gasteiger partial charge in [-0.3, -0.25) is 0 Å². The molecule has 2 N–H and O–H groups in total. The lowest BCUT2D eigenvalue weighted by Crippen LogP contribution is -2.36. The van der Waals surface area contributed by atoms with E-state index < -0.39 is 10.0 Å². The third-order valence-corrected chi connectivity index (χ3v) is 4.72. The molecule has 0 saturated heterocycles. The fraction of sp³-hybridized carbons (Fsp3) is 0.583. The van der Waals surface area contributed by atoms with E-state index in [0.29, 0.717) is 24.9 Å². The second kappa shape index (κ2) is 7.21. The molecule has 1 rings (SSSR count). The van der Waals surface area contributed by atoms with E-state index in [0.717, 1.165) is 0 Å². The van der Waals surface area contributed by atoms with Crippen LogP contribution in [0.15, 0.2) is 17.2 Å². The molecule has 0 spiro atoms. The number of likely N-dealkylation sites (N-methyl/N-ethyl adjacent to an activating group) is 1. The van der Waals surface area contributed by atoms with Gasteiger partial charge in [0.25, 0.3) is 0 Å². The summed E-state index contributed by atoms with van der Waals surface area (Å²) in [5, 5.41) is 3.05. The molecule has 0 aliphatic rings. The van der Waals surface area contributed by atoms with Gasteiger partial charge in [0, 0.05) is 32.4 Å². The number of aromatic nitrogens is 1. The molecule has 0 aliphatic heterocycles. The van der Waals surface area contributed by atoms with Crippen molar-refractivity contribution in [1.29, 1.82) is 0 Å². The molecule has 0 saturated carbocycles. The highest BCUT2D eigenvalue weighted by molar-refractivity contribution is 7.89. The minimum atomic E-state index is -3.58. The Hall–Kier alpha value is -0.890. The first-order valence-corrected chi connectivity index (χ1v) is 8.17. The van der Waals surface area contributed by atoms with Gasteiger partial charge in [0.15, 0.2) is 0 Å². The van der Waals surface area contributed by atoms with Crippen LogP contribution in [0.25, 0.3) is 0 Å². The van der Waals surface area contributed by atoms with Crippen molar-refractivity contribution in [2.24, 2.45) is 0 Å². The minimum Gasteiger partial charge on any atom is -0.372 e. The number of hydrogen-bond donors (Lipinski definition) is 2. The number of rotatable bonds is 7. The van der Waals surface area contributed by atoms with Crippen LogP contribution in [0.4, 0.5) is 5.82 Å². The zero-order valence-corrected chi connectivity index (χ0v) is 13.7.